The predicted octanol–water partition coefficient (Wildman–Crippen LogP) is 4.02. The van der Waals surface area contributed by atoms with E-state index in [2.05, 4.69) is 40.2 Å². The number of rotatable bonds is 5. The number of alkyl halides is 1. The van der Waals surface area contributed by atoms with E-state index in [-0.39, 0.29) is 5.54 Å². The number of nitrogens with zero attached hydrogens (tertiary/aromatic N) is 2. The van der Waals surface area contributed by atoms with Crippen LogP contribution in [-0.4, -0.2) is 21.2 Å². The molecule has 1 saturated carbocycles. The molecule has 0 bridgehead atoms. The van der Waals surface area contributed by atoms with Gasteiger partial charge in [0.05, 0.1) is 15.9 Å². The predicted molar refractivity (Wildman–Crippen MR) is 88.2 cm³/mol. The molecule has 0 amide bonds. The maximum Gasteiger partial charge on any atom is 0.0767 e. The van der Waals surface area contributed by atoms with Gasteiger partial charge in [-0.15, -0.1) is 11.6 Å². The minimum atomic E-state index is 0.101. The van der Waals surface area contributed by atoms with Gasteiger partial charge in [-0.3, -0.25) is 4.68 Å². The molecule has 20 heavy (non-hydrogen) atoms. The van der Waals surface area contributed by atoms with Crippen LogP contribution in [0.2, 0.25) is 0 Å². The van der Waals surface area contributed by atoms with E-state index in [1.54, 1.807) is 0 Å². The lowest BCUT2D eigenvalue weighted by molar-refractivity contribution is 0.214. The van der Waals surface area contributed by atoms with Crippen molar-refractivity contribution in [1.29, 1.82) is 0 Å². The molecule has 0 aliphatic heterocycles. The SMILES string of the molecule is CCc1nn(C)c(CNC2(CCl)CCC(C)CC2)c1Br. The molecular formula is C15H25BrClN3. The summed E-state index contributed by atoms with van der Waals surface area (Å²) >= 11 is 9.95. The molecule has 1 aromatic heterocycles. The van der Waals surface area contributed by atoms with Crippen molar-refractivity contribution in [3.63, 3.8) is 0 Å². The number of hydrogen-bond donors (Lipinski definition) is 1. The van der Waals surface area contributed by atoms with E-state index in [9.17, 15) is 0 Å². The second-order valence-corrected chi connectivity index (χ2v) is 7.19. The van der Waals surface area contributed by atoms with Crippen LogP contribution in [-0.2, 0) is 20.0 Å². The Bertz CT molecular complexity index is 450. The minimum absolute atomic E-state index is 0.101. The van der Waals surface area contributed by atoms with Crippen LogP contribution in [0.4, 0.5) is 0 Å². The van der Waals surface area contributed by atoms with E-state index in [0.717, 1.165) is 29.1 Å². The maximum atomic E-state index is 6.27. The van der Waals surface area contributed by atoms with Gasteiger partial charge < -0.3 is 5.32 Å². The first kappa shape index (κ1) is 16.3. The maximum absolute atomic E-state index is 6.27. The fourth-order valence-electron chi connectivity index (χ4n) is 2.96. The van der Waals surface area contributed by atoms with Crippen molar-refractivity contribution in [2.24, 2.45) is 13.0 Å². The molecule has 114 valence electrons. The summed E-state index contributed by atoms with van der Waals surface area (Å²) in [4.78, 5) is 0. The summed E-state index contributed by atoms with van der Waals surface area (Å²) in [5, 5.41) is 8.27. The largest absolute Gasteiger partial charge is 0.304 e. The molecule has 1 aromatic rings. The molecular weight excluding hydrogens is 338 g/mol. The van der Waals surface area contributed by atoms with Crippen molar-refractivity contribution >= 4 is 27.5 Å². The quantitative estimate of drug-likeness (QED) is 0.802. The number of nitrogens with one attached hydrogen (secondary N) is 1. The fraction of sp³-hybridized carbons (Fsp3) is 0.800. The average molecular weight is 363 g/mol. The van der Waals surface area contributed by atoms with Gasteiger partial charge in [-0.05, 0) is 54.0 Å². The highest BCUT2D eigenvalue weighted by Crippen LogP contribution is 2.33. The standard InChI is InChI=1S/C15H25BrClN3/c1-4-12-14(16)13(20(3)19-12)9-18-15(10-17)7-5-11(2)6-8-15/h11,18H,4-10H2,1-3H3. The van der Waals surface area contributed by atoms with Gasteiger partial charge in [0.2, 0.25) is 0 Å². The van der Waals surface area contributed by atoms with E-state index in [0.29, 0.717) is 5.88 Å². The molecule has 0 aromatic carbocycles. The van der Waals surface area contributed by atoms with E-state index >= 15 is 0 Å². The van der Waals surface area contributed by atoms with Crippen molar-refractivity contribution in [3.05, 3.63) is 15.9 Å². The number of halogens is 2. The first-order chi connectivity index (χ1) is 9.51. The third kappa shape index (κ3) is 3.40. The molecule has 0 unspecified atom stereocenters. The molecule has 3 nitrogen and oxygen atoms in total. The van der Waals surface area contributed by atoms with E-state index in [1.807, 2.05) is 11.7 Å². The summed E-state index contributed by atoms with van der Waals surface area (Å²) in [5.74, 6) is 1.53. The van der Waals surface area contributed by atoms with Gasteiger partial charge in [0.15, 0.2) is 0 Å². The van der Waals surface area contributed by atoms with Crippen molar-refractivity contribution in [3.8, 4) is 0 Å². The van der Waals surface area contributed by atoms with E-state index in [1.165, 1.54) is 31.4 Å². The topological polar surface area (TPSA) is 29.9 Å². The third-order valence-corrected chi connectivity index (χ3v) is 6.05. The van der Waals surface area contributed by atoms with Crippen LogP contribution in [0.3, 0.4) is 0 Å². The van der Waals surface area contributed by atoms with Gasteiger partial charge in [0, 0.05) is 25.0 Å². The molecule has 1 aliphatic rings. The molecule has 0 atom stereocenters. The molecule has 0 radical (unpaired) electrons. The minimum Gasteiger partial charge on any atom is -0.304 e. The first-order valence-electron chi connectivity index (χ1n) is 7.52. The molecule has 0 saturated heterocycles. The van der Waals surface area contributed by atoms with Crippen LogP contribution in [0.1, 0.15) is 50.9 Å². The van der Waals surface area contributed by atoms with Gasteiger partial charge in [0.25, 0.3) is 0 Å². The van der Waals surface area contributed by atoms with Gasteiger partial charge in [-0.2, -0.15) is 5.10 Å². The Balaban J connectivity index is 2.05. The van der Waals surface area contributed by atoms with Crippen molar-refractivity contribution in [1.82, 2.24) is 15.1 Å². The molecule has 1 fully saturated rings. The van der Waals surface area contributed by atoms with Gasteiger partial charge in [-0.25, -0.2) is 0 Å². The van der Waals surface area contributed by atoms with Gasteiger partial charge in [0.1, 0.15) is 0 Å². The second-order valence-electron chi connectivity index (χ2n) is 6.13. The lowest BCUT2D eigenvalue weighted by Gasteiger charge is -2.39. The summed E-state index contributed by atoms with van der Waals surface area (Å²) in [5.41, 5.74) is 2.44. The summed E-state index contributed by atoms with van der Waals surface area (Å²) in [6.07, 6.45) is 5.84. The highest BCUT2D eigenvalue weighted by Gasteiger charge is 2.33. The van der Waals surface area contributed by atoms with Gasteiger partial charge in [-0.1, -0.05) is 13.8 Å². The smallest absolute Gasteiger partial charge is 0.0767 e. The highest BCUT2D eigenvalue weighted by atomic mass is 79.9. The van der Waals surface area contributed by atoms with Crippen LogP contribution < -0.4 is 5.32 Å². The monoisotopic (exact) mass is 361 g/mol. The van der Waals surface area contributed by atoms with Crippen molar-refractivity contribution in [2.45, 2.75) is 58.0 Å². The van der Waals surface area contributed by atoms with Crippen LogP contribution in [0.15, 0.2) is 4.47 Å². The van der Waals surface area contributed by atoms with Gasteiger partial charge >= 0.3 is 0 Å². The Kier molecular flexibility index (Phi) is 5.55. The molecule has 5 heteroatoms. The van der Waals surface area contributed by atoms with E-state index < -0.39 is 0 Å². The summed E-state index contributed by atoms with van der Waals surface area (Å²) in [7, 11) is 2.01. The van der Waals surface area contributed by atoms with Crippen LogP contribution >= 0.6 is 27.5 Å². The molecule has 1 aliphatic carbocycles. The zero-order chi connectivity index (χ0) is 14.8. The first-order valence-corrected chi connectivity index (χ1v) is 8.85. The van der Waals surface area contributed by atoms with Crippen molar-refractivity contribution < 1.29 is 0 Å². The second kappa shape index (κ2) is 6.80. The number of hydrogen-bond acceptors (Lipinski definition) is 2. The highest BCUT2D eigenvalue weighted by molar-refractivity contribution is 9.10. The third-order valence-electron chi connectivity index (χ3n) is 4.62. The lowest BCUT2D eigenvalue weighted by atomic mass is 9.78. The summed E-state index contributed by atoms with van der Waals surface area (Å²) in [6, 6.07) is 0. The lowest BCUT2D eigenvalue weighted by Crippen LogP contribution is -2.49. The van der Waals surface area contributed by atoms with Crippen LogP contribution in [0.25, 0.3) is 0 Å². The summed E-state index contributed by atoms with van der Waals surface area (Å²) in [6.45, 7) is 5.29. The molecule has 1 N–H and O–H groups in total. The Morgan fingerprint density at radius 3 is 2.60 bits per heavy atom. The van der Waals surface area contributed by atoms with Crippen LogP contribution in [0, 0.1) is 5.92 Å². The summed E-state index contributed by atoms with van der Waals surface area (Å²) < 4.78 is 3.12. The van der Waals surface area contributed by atoms with E-state index in [4.69, 9.17) is 11.6 Å². The molecule has 0 spiro atoms. The zero-order valence-electron chi connectivity index (χ0n) is 12.7. The fourth-order valence-corrected chi connectivity index (χ4v) is 4.07. The molecule has 2 rings (SSSR count). The average Bonchev–Trinajstić information content (AvgIpc) is 2.73. The Morgan fingerprint density at radius 2 is 2.10 bits per heavy atom. The Hall–Kier alpha value is -0.0600. The normalized spacial score (nSPS) is 26.9. The number of aryl methyl sites for hydroxylation is 2. The Morgan fingerprint density at radius 1 is 1.45 bits per heavy atom. The van der Waals surface area contributed by atoms with Crippen LogP contribution in [0.5, 0.6) is 0 Å². The Labute approximate surface area is 135 Å². The van der Waals surface area contributed by atoms with Crippen molar-refractivity contribution in [2.75, 3.05) is 5.88 Å². The number of aromatic nitrogens is 2. The molecule has 1 heterocycles. The zero-order valence-corrected chi connectivity index (χ0v) is 15.0.